The van der Waals surface area contributed by atoms with Gasteiger partial charge in [0.05, 0.1) is 19.1 Å². The van der Waals surface area contributed by atoms with Gasteiger partial charge in [0.25, 0.3) is 0 Å². The van der Waals surface area contributed by atoms with Gasteiger partial charge >= 0.3 is 0 Å². The highest BCUT2D eigenvalue weighted by molar-refractivity contribution is 7.92. The normalized spacial score (nSPS) is 14.9. The molecule has 0 bridgehead atoms. The van der Waals surface area contributed by atoms with Crippen molar-refractivity contribution in [2.45, 2.75) is 51.2 Å². The number of rotatable bonds is 10. The van der Waals surface area contributed by atoms with Crippen LogP contribution in [0.25, 0.3) is 0 Å². The number of halogens is 1. The highest BCUT2D eigenvalue weighted by Crippen LogP contribution is 2.29. The number of methoxy groups -OCH3 is 1. The maximum Gasteiger partial charge on any atom is 0.244 e. The van der Waals surface area contributed by atoms with Crippen molar-refractivity contribution in [3.63, 3.8) is 0 Å². The lowest BCUT2D eigenvalue weighted by Gasteiger charge is -2.32. The van der Waals surface area contributed by atoms with Crippen LogP contribution in [0.4, 0.5) is 10.1 Å². The molecule has 10 heteroatoms. The third kappa shape index (κ3) is 6.72. The molecule has 190 valence electrons. The molecule has 1 atom stereocenters. The number of hydrogen-bond acceptors (Lipinski definition) is 5. The summed E-state index contributed by atoms with van der Waals surface area (Å²) in [6.07, 6.45) is 4.79. The van der Waals surface area contributed by atoms with Crippen molar-refractivity contribution in [2.24, 2.45) is 0 Å². The third-order valence-electron chi connectivity index (χ3n) is 6.20. The van der Waals surface area contributed by atoms with E-state index in [1.165, 1.54) is 36.3 Å². The van der Waals surface area contributed by atoms with E-state index in [-0.39, 0.29) is 35.5 Å². The Balaban J connectivity index is 1.91. The van der Waals surface area contributed by atoms with Crippen molar-refractivity contribution in [3.05, 3.63) is 59.9 Å². The molecular formula is C25H32FN3O5S. The van der Waals surface area contributed by atoms with Gasteiger partial charge in [-0.1, -0.05) is 43.2 Å². The lowest BCUT2D eigenvalue weighted by atomic mass is 10.1. The summed E-state index contributed by atoms with van der Waals surface area (Å²) in [6.45, 7) is 0.805. The van der Waals surface area contributed by atoms with Gasteiger partial charge in [0.2, 0.25) is 21.8 Å². The second kappa shape index (κ2) is 11.5. The van der Waals surface area contributed by atoms with E-state index in [1.54, 1.807) is 31.2 Å². The molecular weight excluding hydrogens is 473 g/mol. The topological polar surface area (TPSA) is 96.0 Å². The fraction of sp³-hybridized carbons (Fsp3) is 0.440. The zero-order valence-corrected chi connectivity index (χ0v) is 21.1. The first kappa shape index (κ1) is 26.5. The average Bonchev–Trinajstić information content (AvgIpc) is 3.33. The van der Waals surface area contributed by atoms with E-state index in [2.05, 4.69) is 5.32 Å². The predicted octanol–water partition coefficient (Wildman–Crippen LogP) is 3.08. The van der Waals surface area contributed by atoms with Crippen LogP contribution < -0.4 is 14.4 Å². The van der Waals surface area contributed by atoms with Crippen molar-refractivity contribution in [2.75, 3.05) is 24.2 Å². The van der Waals surface area contributed by atoms with E-state index in [9.17, 15) is 22.4 Å². The van der Waals surface area contributed by atoms with Crippen molar-refractivity contribution < 1.29 is 27.1 Å². The molecule has 0 spiro atoms. The minimum atomic E-state index is -3.89. The number of amides is 2. The number of anilines is 1. The van der Waals surface area contributed by atoms with Crippen LogP contribution >= 0.6 is 0 Å². The molecule has 0 heterocycles. The van der Waals surface area contributed by atoms with Crippen molar-refractivity contribution in [3.8, 4) is 5.75 Å². The van der Waals surface area contributed by atoms with Gasteiger partial charge in [-0.05, 0) is 38.0 Å². The van der Waals surface area contributed by atoms with Gasteiger partial charge in [0, 0.05) is 18.2 Å². The van der Waals surface area contributed by atoms with Gasteiger partial charge in [0.15, 0.2) is 0 Å². The number of carbonyl (C=O) groups excluding carboxylic acids is 2. The van der Waals surface area contributed by atoms with E-state index in [0.717, 1.165) is 36.2 Å². The van der Waals surface area contributed by atoms with Crippen molar-refractivity contribution >= 4 is 27.5 Å². The summed E-state index contributed by atoms with van der Waals surface area (Å²) < 4.78 is 46.0. The molecule has 0 radical (unpaired) electrons. The fourth-order valence-electron chi connectivity index (χ4n) is 4.22. The molecule has 3 rings (SSSR count). The molecule has 1 fully saturated rings. The number of para-hydroxylation sites is 2. The molecule has 0 saturated heterocycles. The Kier molecular flexibility index (Phi) is 8.71. The highest BCUT2D eigenvalue weighted by atomic mass is 32.2. The first-order valence-electron chi connectivity index (χ1n) is 11.6. The van der Waals surface area contributed by atoms with Gasteiger partial charge in [-0.15, -0.1) is 0 Å². The van der Waals surface area contributed by atoms with E-state index in [1.807, 2.05) is 0 Å². The van der Waals surface area contributed by atoms with Gasteiger partial charge < -0.3 is 15.0 Å². The Hall–Kier alpha value is -3.14. The first-order chi connectivity index (χ1) is 16.6. The number of sulfonamides is 1. The molecule has 35 heavy (non-hydrogen) atoms. The largest absolute Gasteiger partial charge is 0.495 e. The van der Waals surface area contributed by atoms with Crippen LogP contribution in [-0.2, 0) is 26.2 Å². The summed E-state index contributed by atoms with van der Waals surface area (Å²) in [7, 11) is -2.49. The Labute approximate surface area is 206 Å². The SMILES string of the molecule is COc1ccccc1N(CC(=O)N(Cc1ccccc1F)[C@H](C)C(=O)NC1CCCC1)S(C)(=O)=O. The fourth-order valence-corrected chi connectivity index (χ4v) is 5.07. The lowest BCUT2D eigenvalue weighted by Crippen LogP contribution is -2.52. The van der Waals surface area contributed by atoms with E-state index < -0.39 is 34.3 Å². The van der Waals surface area contributed by atoms with Crippen LogP contribution in [0, 0.1) is 5.82 Å². The zero-order chi connectivity index (χ0) is 25.6. The maximum absolute atomic E-state index is 14.5. The summed E-state index contributed by atoms with van der Waals surface area (Å²) in [4.78, 5) is 27.8. The molecule has 1 saturated carbocycles. The molecule has 1 aliphatic rings. The second-order valence-electron chi connectivity index (χ2n) is 8.72. The molecule has 8 nitrogen and oxygen atoms in total. The quantitative estimate of drug-likeness (QED) is 0.535. The van der Waals surface area contributed by atoms with Crippen LogP contribution in [0.3, 0.4) is 0 Å². The standard InChI is InChI=1S/C25H32FN3O5S/c1-18(25(31)27-20-11-5-6-12-20)28(16-19-10-4-7-13-21(19)26)24(30)17-29(35(3,32)33)22-14-8-9-15-23(22)34-2/h4,7-10,13-15,18,20H,5-6,11-12,16-17H2,1-3H3,(H,27,31)/t18-/m1/s1. The monoisotopic (exact) mass is 505 g/mol. The molecule has 0 unspecified atom stereocenters. The van der Waals surface area contributed by atoms with Gasteiger partial charge in [-0.25, -0.2) is 12.8 Å². The number of hydrogen-bond donors (Lipinski definition) is 1. The molecule has 0 aromatic heterocycles. The maximum atomic E-state index is 14.5. The molecule has 2 aromatic carbocycles. The Morgan fingerprint density at radius 3 is 2.37 bits per heavy atom. The van der Waals surface area contributed by atoms with Crippen LogP contribution in [0.2, 0.25) is 0 Å². The summed E-state index contributed by atoms with van der Waals surface area (Å²) in [5.41, 5.74) is 0.421. The number of benzene rings is 2. The zero-order valence-electron chi connectivity index (χ0n) is 20.2. The summed E-state index contributed by atoms with van der Waals surface area (Å²) in [5.74, 6) is -1.24. The summed E-state index contributed by atoms with van der Waals surface area (Å²) >= 11 is 0. The average molecular weight is 506 g/mol. The molecule has 0 aliphatic heterocycles. The van der Waals surface area contributed by atoms with Gasteiger partial charge in [0.1, 0.15) is 24.2 Å². The predicted molar refractivity (Wildman–Crippen MR) is 132 cm³/mol. The Morgan fingerprint density at radius 2 is 1.74 bits per heavy atom. The minimum absolute atomic E-state index is 0.0384. The smallest absolute Gasteiger partial charge is 0.244 e. The lowest BCUT2D eigenvalue weighted by molar-refractivity contribution is -0.139. The molecule has 1 N–H and O–H groups in total. The molecule has 2 amide bonds. The van der Waals surface area contributed by atoms with E-state index in [0.29, 0.717) is 0 Å². The van der Waals surface area contributed by atoms with Crippen LogP contribution in [-0.4, -0.2) is 57.1 Å². The number of carbonyl (C=O) groups is 2. The molecule has 2 aromatic rings. The number of nitrogens with zero attached hydrogens (tertiary/aromatic N) is 2. The number of ether oxygens (including phenoxy) is 1. The van der Waals surface area contributed by atoms with E-state index >= 15 is 0 Å². The van der Waals surface area contributed by atoms with Crippen molar-refractivity contribution in [1.82, 2.24) is 10.2 Å². The minimum Gasteiger partial charge on any atom is -0.495 e. The molecule has 1 aliphatic carbocycles. The van der Waals surface area contributed by atoms with Crippen LogP contribution in [0.15, 0.2) is 48.5 Å². The summed E-state index contributed by atoms with van der Waals surface area (Å²) in [6, 6.07) is 11.5. The number of nitrogens with one attached hydrogen (secondary N) is 1. The van der Waals surface area contributed by atoms with Gasteiger partial charge in [-0.3, -0.25) is 13.9 Å². The second-order valence-corrected chi connectivity index (χ2v) is 10.6. The Bertz CT molecular complexity index is 1150. The van der Waals surface area contributed by atoms with Crippen LogP contribution in [0.5, 0.6) is 5.75 Å². The summed E-state index contributed by atoms with van der Waals surface area (Å²) in [5, 5.41) is 2.97. The third-order valence-corrected chi connectivity index (χ3v) is 7.33. The van der Waals surface area contributed by atoms with Crippen LogP contribution in [0.1, 0.15) is 38.2 Å². The van der Waals surface area contributed by atoms with E-state index in [4.69, 9.17) is 4.74 Å². The first-order valence-corrected chi connectivity index (χ1v) is 13.4. The van der Waals surface area contributed by atoms with Crippen molar-refractivity contribution in [1.29, 1.82) is 0 Å². The Morgan fingerprint density at radius 1 is 1.11 bits per heavy atom. The van der Waals surface area contributed by atoms with Gasteiger partial charge in [-0.2, -0.15) is 0 Å². The highest BCUT2D eigenvalue weighted by Gasteiger charge is 2.32.